The summed E-state index contributed by atoms with van der Waals surface area (Å²) in [5.74, 6) is -0.482. The van der Waals surface area contributed by atoms with E-state index in [1.807, 2.05) is 49.4 Å². The van der Waals surface area contributed by atoms with E-state index in [1.54, 1.807) is 29.4 Å². The van der Waals surface area contributed by atoms with Crippen molar-refractivity contribution in [1.82, 2.24) is 14.5 Å². The Balaban J connectivity index is 1.48. The fourth-order valence-corrected chi connectivity index (χ4v) is 4.12. The average Bonchev–Trinajstić information content (AvgIpc) is 3.25. The third kappa shape index (κ3) is 3.26. The Morgan fingerprint density at radius 1 is 1.22 bits per heavy atom. The number of oxazole rings is 1. The van der Waals surface area contributed by atoms with E-state index in [4.69, 9.17) is 4.42 Å². The third-order valence-corrected chi connectivity index (χ3v) is 5.97. The first-order valence-corrected chi connectivity index (χ1v) is 9.56. The Bertz CT molecular complexity index is 1140. The van der Waals surface area contributed by atoms with E-state index < -0.39 is 5.76 Å². The van der Waals surface area contributed by atoms with Gasteiger partial charge in [0.2, 0.25) is 5.91 Å². The molecule has 6 nitrogen and oxygen atoms in total. The van der Waals surface area contributed by atoms with Gasteiger partial charge >= 0.3 is 5.76 Å². The second-order valence-corrected chi connectivity index (χ2v) is 7.50. The fourth-order valence-electron chi connectivity index (χ4n) is 3.06. The molecule has 0 radical (unpaired) electrons. The second-order valence-electron chi connectivity index (χ2n) is 6.44. The Morgan fingerprint density at radius 2 is 1.96 bits per heavy atom. The summed E-state index contributed by atoms with van der Waals surface area (Å²) in [6, 6.07) is 15.0. The van der Waals surface area contributed by atoms with Crippen molar-refractivity contribution in [3.05, 3.63) is 64.1 Å². The van der Waals surface area contributed by atoms with Gasteiger partial charge in [0.25, 0.3) is 0 Å². The summed E-state index contributed by atoms with van der Waals surface area (Å²) in [5.41, 5.74) is 2.19. The summed E-state index contributed by atoms with van der Waals surface area (Å²) in [5, 5.41) is 0.901. The Kier molecular flexibility index (Phi) is 4.53. The van der Waals surface area contributed by atoms with Gasteiger partial charge in [-0.1, -0.05) is 24.3 Å². The summed E-state index contributed by atoms with van der Waals surface area (Å²) in [6.45, 7) is 2.25. The van der Waals surface area contributed by atoms with Crippen LogP contribution in [0.1, 0.15) is 24.4 Å². The molecule has 0 spiro atoms. The van der Waals surface area contributed by atoms with E-state index in [0.717, 1.165) is 15.2 Å². The molecular weight excluding hydrogens is 362 g/mol. The molecule has 0 unspecified atom stereocenters. The number of carbonyl (C=O) groups is 1. The quantitative estimate of drug-likeness (QED) is 0.527. The van der Waals surface area contributed by atoms with Crippen LogP contribution in [0.4, 0.5) is 0 Å². The van der Waals surface area contributed by atoms with Gasteiger partial charge in [0.05, 0.1) is 21.8 Å². The van der Waals surface area contributed by atoms with Crippen molar-refractivity contribution < 1.29 is 9.21 Å². The molecule has 2 aromatic heterocycles. The molecule has 2 heterocycles. The first kappa shape index (κ1) is 17.5. The molecule has 2 aromatic carbocycles. The molecule has 0 fully saturated rings. The van der Waals surface area contributed by atoms with Crippen molar-refractivity contribution in [2.45, 2.75) is 25.9 Å². The highest BCUT2D eigenvalue weighted by Crippen LogP contribution is 2.29. The number of rotatable bonds is 5. The maximum absolute atomic E-state index is 12.7. The SMILES string of the molecule is C[C@@H](c1nc2ccccc2s1)N(C)C(=O)CCn1c(=O)oc2ccccc21. The summed E-state index contributed by atoms with van der Waals surface area (Å²) in [7, 11) is 1.77. The number of hydrogen-bond donors (Lipinski definition) is 0. The highest BCUT2D eigenvalue weighted by atomic mass is 32.1. The molecule has 27 heavy (non-hydrogen) atoms. The molecule has 1 atom stereocenters. The van der Waals surface area contributed by atoms with Gasteiger partial charge in [-0.3, -0.25) is 9.36 Å². The lowest BCUT2D eigenvalue weighted by atomic mass is 10.2. The van der Waals surface area contributed by atoms with Crippen LogP contribution in [0.3, 0.4) is 0 Å². The number of carbonyl (C=O) groups excluding carboxylic acids is 1. The zero-order chi connectivity index (χ0) is 19.0. The van der Waals surface area contributed by atoms with E-state index in [0.29, 0.717) is 11.1 Å². The lowest BCUT2D eigenvalue weighted by molar-refractivity contribution is -0.132. The smallest absolute Gasteiger partial charge is 0.408 e. The maximum atomic E-state index is 12.7. The number of hydrogen-bond acceptors (Lipinski definition) is 5. The molecule has 0 aliphatic rings. The van der Waals surface area contributed by atoms with Gasteiger partial charge in [0.15, 0.2) is 5.58 Å². The molecule has 0 aliphatic carbocycles. The Hall–Kier alpha value is -2.93. The van der Waals surface area contributed by atoms with Crippen LogP contribution in [-0.2, 0) is 11.3 Å². The van der Waals surface area contributed by atoms with Crippen LogP contribution in [0.5, 0.6) is 0 Å². The molecule has 0 saturated heterocycles. The van der Waals surface area contributed by atoms with Crippen LogP contribution in [0.2, 0.25) is 0 Å². The number of benzene rings is 2. The molecule has 0 N–H and O–H groups in total. The van der Waals surface area contributed by atoms with Gasteiger partial charge in [-0.05, 0) is 31.2 Å². The monoisotopic (exact) mass is 381 g/mol. The van der Waals surface area contributed by atoms with Crippen molar-refractivity contribution in [3.8, 4) is 0 Å². The molecule has 7 heteroatoms. The zero-order valence-corrected chi connectivity index (χ0v) is 15.9. The van der Waals surface area contributed by atoms with Gasteiger partial charge in [-0.25, -0.2) is 9.78 Å². The minimum Gasteiger partial charge on any atom is -0.408 e. The predicted molar refractivity (Wildman–Crippen MR) is 106 cm³/mol. The number of amides is 1. The van der Waals surface area contributed by atoms with Crippen LogP contribution in [0.25, 0.3) is 21.3 Å². The van der Waals surface area contributed by atoms with Crippen molar-refractivity contribution >= 4 is 38.6 Å². The van der Waals surface area contributed by atoms with Crippen LogP contribution in [0, 0.1) is 0 Å². The van der Waals surface area contributed by atoms with E-state index in [-0.39, 0.29) is 24.9 Å². The molecule has 1 amide bonds. The Labute approximate surface area is 159 Å². The molecule has 0 bridgehead atoms. The molecule has 4 aromatic rings. The van der Waals surface area contributed by atoms with E-state index in [2.05, 4.69) is 4.98 Å². The topological polar surface area (TPSA) is 68.3 Å². The van der Waals surface area contributed by atoms with Crippen LogP contribution in [-0.4, -0.2) is 27.4 Å². The minimum absolute atomic E-state index is 0.0427. The molecule has 0 saturated carbocycles. The first-order valence-electron chi connectivity index (χ1n) is 8.74. The van der Waals surface area contributed by atoms with Crippen molar-refractivity contribution in [1.29, 1.82) is 0 Å². The molecule has 0 aliphatic heterocycles. The lowest BCUT2D eigenvalue weighted by Crippen LogP contribution is -2.31. The third-order valence-electron chi connectivity index (χ3n) is 4.77. The van der Waals surface area contributed by atoms with E-state index in [1.165, 1.54) is 4.57 Å². The summed E-state index contributed by atoms with van der Waals surface area (Å²) in [6.07, 6.45) is 0.217. The van der Waals surface area contributed by atoms with Crippen molar-refractivity contribution in [2.75, 3.05) is 7.05 Å². The minimum atomic E-state index is -0.439. The number of fused-ring (bicyclic) bond motifs is 2. The van der Waals surface area contributed by atoms with E-state index >= 15 is 0 Å². The van der Waals surface area contributed by atoms with E-state index in [9.17, 15) is 9.59 Å². The van der Waals surface area contributed by atoms with Crippen LogP contribution in [0.15, 0.2) is 57.7 Å². The average molecular weight is 381 g/mol. The number of aryl methyl sites for hydroxylation is 1. The van der Waals surface area contributed by atoms with Gasteiger partial charge in [-0.15, -0.1) is 11.3 Å². The second kappa shape index (κ2) is 7.00. The number of para-hydroxylation sites is 3. The van der Waals surface area contributed by atoms with Crippen LogP contribution < -0.4 is 5.76 Å². The Morgan fingerprint density at radius 3 is 2.78 bits per heavy atom. The largest absolute Gasteiger partial charge is 0.419 e. The molecular formula is C20H19N3O3S. The fraction of sp³-hybridized carbons (Fsp3) is 0.250. The van der Waals surface area contributed by atoms with Gasteiger partial charge in [-0.2, -0.15) is 0 Å². The highest BCUT2D eigenvalue weighted by Gasteiger charge is 2.21. The van der Waals surface area contributed by atoms with Gasteiger partial charge in [0.1, 0.15) is 5.01 Å². The highest BCUT2D eigenvalue weighted by molar-refractivity contribution is 7.18. The van der Waals surface area contributed by atoms with Gasteiger partial charge < -0.3 is 9.32 Å². The summed E-state index contributed by atoms with van der Waals surface area (Å²) in [4.78, 5) is 31.0. The maximum Gasteiger partial charge on any atom is 0.419 e. The number of thiazole rings is 1. The van der Waals surface area contributed by atoms with Crippen molar-refractivity contribution in [2.24, 2.45) is 0 Å². The predicted octanol–water partition coefficient (Wildman–Crippen LogP) is 3.81. The number of nitrogens with zero attached hydrogens (tertiary/aromatic N) is 3. The summed E-state index contributed by atoms with van der Waals surface area (Å²) >= 11 is 1.60. The zero-order valence-electron chi connectivity index (χ0n) is 15.1. The van der Waals surface area contributed by atoms with Gasteiger partial charge in [0, 0.05) is 20.0 Å². The normalized spacial score (nSPS) is 12.5. The van der Waals surface area contributed by atoms with Crippen molar-refractivity contribution in [3.63, 3.8) is 0 Å². The van der Waals surface area contributed by atoms with Crippen LogP contribution >= 0.6 is 11.3 Å². The first-order chi connectivity index (χ1) is 13.0. The lowest BCUT2D eigenvalue weighted by Gasteiger charge is -2.23. The summed E-state index contributed by atoms with van der Waals surface area (Å²) < 4.78 is 7.83. The standard InChI is InChI=1S/C20H19N3O3S/c1-13(19-21-14-7-3-6-10-17(14)27-19)22(2)18(24)11-12-23-15-8-4-5-9-16(15)26-20(23)25/h3-10,13H,11-12H2,1-2H3/t13-/m0/s1. The number of aromatic nitrogens is 2. The molecule has 138 valence electrons. The molecule has 4 rings (SSSR count).